The number of β-lactam (4-membered cyclic amide) rings is 1. The van der Waals surface area contributed by atoms with Crippen LogP contribution in [-0.2, 0) is 14.4 Å². The summed E-state index contributed by atoms with van der Waals surface area (Å²) in [6.07, 6.45) is 0. The number of nitrogens with two attached hydrogens (primary N) is 1. The van der Waals surface area contributed by atoms with Crippen LogP contribution in [0, 0.1) is 6.92 Å². The van der Waals surface area contributed by atoms with E-state index >= 15 is 0 Å². The minimum Gasteiger partial charge on any atom is -0.508 e. The normalized spacial score (nSPS) is 21.1. The predicted octanol–water partition coefficient (Wildman–Crippen LogP) is 0.614. The van der Waals surface area contributed by atoms with E-state index < -0.39 is 35.2 Å². The van der Waals surface area contributed by atoms with Crippen molar-refractivity contribution in [2.24, 2.45) is 5.73 Å². The largest absolute Gasteiger partial charge is 0.508 e. The first-order chi connectivity index (χ1) is 15.3. The molecule has 0 radical (unpaired) electrons. The molecule has 1 aromatic carbocycles. The van der Waals surface area contributed by atoms with Gasteiger partial charge in [-0.05, 0) is 23.3 Å². The van der Waals surface area contributed by atoms with Crippen LogP contribution in [0.2, 0.25) is 0 Å². The number of carboxylic acids is 1. The van der Waals surface area contributed by atoms with Gasteiger partial charge < -0.3 is 25.7 Å². The van der Waals surface area contributed by atoms with Crippen LogP contribution < -0.4 is 11.1 Å². The molecule has 4 rings (SSSR count). The molecule has 168 valence electrons. The summed E-state index contributed by atoms with van der Waals surface area (Å²) >= 11 is 2.56. The van der Waals surface area contributed by atoms with Crippen molar-refractivity contribution in [2.45, 2.75) is 29.6 Å². The Bertz CT molecular complexity index is 1100. The SMILES string of the molecule is Cc1nnc(SCC2=C(C(=O)O)N3C(=O)C(NC(=O)C(N)c4ccc(O)cc4)[C@H]3SC2)o1. The third-order valence-electron chi connectivity index (χ3n) is 4.96. The number of thioether (sulfide) groups is 2. The van der Waals surface area contributed by atoms with Crippen molar-refractivity contribution < 1.29 is 29.0 Å². The first-order valence-electron chi connectivity index (χ1n) is 9.44. The van der Waals surface area contributed by atoms with Crippen LogP contribution in [0.3, 0.4) is 0 Å². The topological polar surface area (TPSA) is 172 Å². The molecule has 2 unspecified atom stereocenters. The average Bonchev–Trinajstić information content (AvgIpc) is 3.20. The van der Waals surface area contributed by atoms with Gasteiger partial charge in [0.05, 0.1) is 0 Å². The lowest BCUT2D eigenvalue weighted by Gasteiger charge is -2.49. The fraction of sp³-hybridized carbons (Fsp3) is 0.316. The predicted molar refractivity (Wildman–Crippen MR) is 114 cm³/mol. The van der Waals surface area contributed by atoms with E-state index in [1.807, 2.05) is 0 Å². The Hall–Kier alpha value is -3.03. The van der Waals surface area contributed by atoms with E-state index in [2.05, 4.69) is 15.5 Å². The van der Waals surface area contributed by atoms with Gasteiger partial charge in [-0.25, -0.2) is 4.79 Å². The van der Waals surface area contributed by atoms with E-state index in [4.69, 9.17) is 10.2 Å². The van der Waals surface area contributed by atoms with E-state index in [9.17, 15) is 24.6 Å². The van der Waals surface area contributed by atoms with Crippen molar-refractivity contribution in [3.05, 3.63) is 47.0 Å². The van der Waals surface area contributed by atoms with Gasteiger partial charge in [0, 0.05) is 18.4 Å². The van der Waals surface area contributed by atoms with Gasteiger partial charge >= 0.3 is 5.97 Å². The van der Waals surface area contributed by atoms with Gasteiger partial charge in [0.15, 0.2) is 0 Å². The minimum atomic E-state index is -1.22. The molecule has 2 amide bonds. The zero-order chi connectivity index (χ0) is 23.0. The van der Waals surface area contributed by atoms with E-state index in [0.717, 1.165) is 0 Å². The van der Waals surface area contributed by atoms with Crippen LogP contribution in [0.5, 0.6) is 5.75 Å². The Balaban J connectivity index is 1.45. The van der Waals surface area contributed by atoms with E-state index in [1.54, 1.807) is 6.92 Å². The highest BCUT2D eigenvalue weighted by molar-refractivity contribution is 8.01. The number of nitrogens with one attached hydrogen (secondary N) is 1. The summed E-state index contributed by atoms with van der Waals surface area (Å²) in [4.78, 5) is 38.4. The molecule has 2 aliphatic heterocycles. The summed E-state index contributed by atoms with van der Waals surface area (Å²) in [5.41, 5.74) is 6.91. The number of nitrogens with zero attached hydrogens (tertiary/aromatic N) is 3. The van der Waals surface area contributed by atoms with Crippen molar-refractivity contribution in [3.8, 4) is 5.75 Å². The summed E-state index contributed by atoms with van der Waals surface area (Å²) in [6, 6.07) is 3.94. The molecule has 13 heteroatoms. The van der Waals surface area contributed by atoms with Gasteiger partial charge in [0.1, 0.15) is 28.9 Å². The number of rotatable bonds is 7. The van der Waals surface area contributed by atoms with Crippen LogP contribution in [0.4, 0.5) is 0 Å². The number of hydrogen-bond acceptors (Lipinski definition) is 10. The number of fused-ring (bicyclic) bond motifs is 1. The summed E-state index contributed by atoms with van der Waals surface area (Å²) in [6.45, 7) is 1.65. The summed E-state index contributed by atoms with van der Waals surface area (Å²) in [7, 11) is 0. The standard InChI is InChI=1S/C19H19N5O6S2/c1-8-22-23-19(30-8)32-7-10-6-31-17-13(16(27)24(17)14(10)18(28)29)21-15(26)12(20)9-2-4-11(25)5-3-9/h2-5,12-13,17,25H,6-7,20H2,1H3,(H,21,26)(H,28,29)/t12?,13?,17-/m1/s1. The Morgan fingerprint density at radius 3 is 2.72 bits per heavy atom. The van der Waals surface area contributed by atoms with Crippen LogP contribution in [0.1, 0.15) is 17.5 Å². The van der Waals surface area contributed by atoms with Crippen molar-refractivity contribution in [2.75, 3.05) is 11.5 Å². The van der Waals surface area contributed by atoms with E-state index in [0.29, 0.717) is 28.0 Å². The lowest BCUT2D eigenvalue weighted by atomic mass is 10.0. The number of carbonyl (C=O) groups is 3. The van der Waals surface area contributed by atoms with Gasteiger partial charge in [-0.15, -0.1) is 22.0 Å². The zero-order valence-corrected chi connectivity index (χ0v) is 18.4. The number of carboxylic acid groups (broad SMARTS) is 1. The first-order valence-corrected chi connectivity index (χ1v) is 11.5. The molecular weight excluding hydrogens is 458 g/mol. The van der Waals surface area contributed by atoms with Crippen molar-refractivity contribution >= 4 is 41.3 Å². The zero-order valence-electron chi connectivity index (χ0n) is 16.7. The number of carbonyl (C=O) groups excluding carboxylic acids is 2. The molecule has 0 spiro atoms. The number of phenols is 1. The fourth-order valence-electron chi connectivity index (χ4n) is 3.36. The number of aryl methyl sites for hydroxylation is 1. The van der Waals surface area contributed by atoms with Gasteiger partial charge in [0.2, 0.25) is 11.8 Å². The Kier molecular flexibility index (Phi) is 6.13. The molecular formula is C19H19N5O6S2. The maximum Gasteiger partial charge on any atom is 0.352 e. The smallest absolute Gasteiger partial charge is 0.352 e. The van der Waals surface area contributed by atoms with E-state index in [-0.39, 0.29) is 17.2 Å². The van der Waals surface area contributed by atoms with Gasteiger partial charge in [-0.3, -0.25) is 14.5 Å². The van der Waals surface area contributed by atoms with Gasteiger partial charge in [-0.1, -0.05) is 23.9 Å². The average molecular weight is 478 g/mol. The number of phenolic OH excluding ortho intramolecular Hbond substituents is 1. The second-order valence-corrected chi connectivity index (χ2v) is 9.13. The van der Waals surface area contributed by atoms with Crippen molar-refractivity contribution in [1.29, 1.82) is 0 Å². The molecule has 1 aromatic heterocycles. The highest BCUT2D eigenvalue weighted by atomic mass is 32.2. The third-order valence-corrected chi connectivity index (χ3v) is 7.20. The van der Waals surface area contributed by atoms with Crippen molar-refractivity contribution in [1.82, 2.24) is 20.4 Å². The molecule has 2 aromatic rings. The maximum atomic E-state index is 12.8. The van der Waals surface area contributed by atoms with E-state index in [1.165, 1.54) is 52.7 Å². The van der Waals surface area contributed by atoms with Gasteiger partial charge in [-0.2, -0.15) is 0 Å². The monoisotopic (exact) mass is 477 g/mol. The molecule has 32 heavy (non-hydrogen) atoms. The number of aliphatic carboxylic acids is 1. The second kappa shape index (κ2) is 8.84. The van der Waals surface area contributed by atoms with Crippen LogP contribution in [0.25, 0.3) is 0 Å². The Morgan fingerprint density at radius 2 is 2.09 bits per heavy atom. The summed E-state index contributed by atoms with van der Waals surface area (Å²) in [5, 5.41) is 29.1. The van der Waals surface area contributed by atoms with Crippen molar-refractivity contribution in [3.63, 3.8) is 0 Å². The summed E-state index contributed by atoms with van der Waals surface area (Å²) < 4.78 is 5.29. The lowest BCUT2D eigenvalue weighted by molar-refractivity contribution is -0.150. The maximum absolute atomic E-state index is 12.8. The molecule has 0 saturated carbocycles. The first kappa shape index (κ1) is 22.2. The highest BCUT2D eigenvalue weighted by Crippen LogP contribution is 2.41. The lowest BCUT2D eigenvalue weighted by Crippen LogP contribution is -2.71. The molecule has 3 atom stereocenters. The molecule has 0 aliphatic carbocycles. The molecule has 1 fully saturated rings. The third kappa shape index (κ3) is 4.18. The quantitative estimate of drug-likeness (QED) is 0.325. The Morgan fingerprint density at radius 1 is 1.38 bits per heavy atom. The number of benzene rings is 1. The second-order valence-electron chi connectivity index (χ2n) is 7.10. The number of amides is 2. The molecule has 0 bridgehead atoms. The molecule has 1 saturated heterocycles. The highest BCUT2D eigenvalue weighted by Gasteiger charge is 2.54. The number of hydrogen-bond donors (Lipinski definition) is 4. The van der Waals surface area contributed by atoms with Crippen LogP contribution in [-0.4, -0.2) is 66.0 Å². The Labute approximate surface area is 190 Å². The molecule has 2 aliphatic rings. The molecule has 11 nitrogen and oxygen atoms in total. The molecule has 5 N–H and O–H groups in total. The fourth-order valence-corrected chi connectivity index (χ4v) is 5.65. The van der Waals surface area contributed by atoms with Crippen LogP contribution in [0.15, 0.2) is 45.2 Å². The van der Waals surface area contributed by atoms with Crippen LogP contribution >= 0.6 is 23.5 Å². The molecule has 3 heterocycles. The summed E-state index contributed by atoms with van der Waals surface area (Å²) in [5.74, 6) is -1.21. The number of aromatic nitrogens is 2. The number of aromatic hydroxyl groups is 1. The van der Waals surface area contributed by atoms with Gasteiger partial charge in [0.25, 0.3) is 11.1 Å². The minimum absolute atomic E-state index is 0.0426.